The first kappa shape index (κ1) is 23.4. The van der Waals surface area contributed by atoms with Gasteiger partial charge < -0.3 is 14.2 Å². The largest absolute Gasteiger partial charge is 0.497 e. The Kier molecular flexibility index (Phi) is 9.31. The molecule has 0 aliphatic rings. The Morgan fingerprint density at radius 2 is 1.80 bits per heavy atom. The minimum absolute atomic E-state index is 0.168. The lowest BCUT2D eigenvalue weighted by molar-refractivity contribution is -0.126. The van der Waals surface area contributed by atoms with Crippen molar-refractivity contribution in [2.75, 3.05) is 20.8 Å². The zero-order valence-electron chi connectivity index (χ0n) is 16.5. The summed E-state index contributed by atoms with van der Waals surface area (Å²) in [6, 6.07) is 10.1. The van der Waals surface area contributed by atoms with Gasteiger partial charge in [-0.1, -0.05) is 23.2 Å². The first-order chi connectivity index (χ1) is 14.4. The van der Waals surface area contributed by atoms with Gasteiger partial charge in [0.1, 0.15) is 17.2 Å². The molecule has 0 saturated carbocycles. The summed E-state index contributed by atoms with van der Waals surface area (Å²) in [6.07, 6.45) is 3.47. The van der Waals surface area contributed by atoms with Crippen LogP contribution in [0.1, 0.15) is 18.4 Å². The van der Waals surface area contributed by atoms with E-state index in [1.54, 1.807) is 49.6 Å². The second-order valence-corrected chi connectivity index (χ2v) is 6.85. The Morgan fingerprint density at radius 1 is 1.00 bits per heavy atom. The summed E-state index contributed by atoms with van der Waals surface area (Å²) in [5.74, 6) is 0.870. The Hall–Kier alpha value is -2.90. The Labute approximate surface area is 184 Å². The summed E-state index contributed by atoms with van der Waals surface area (Å²) in [4.78, 5) is 23.7. The third-order valence-electron chi connectivity index (χ3n) is 3.88. The average molecular weight is 453 g/mol. The first-order valence-corrected chi connectivity index (χ1v) is 9.75. The highest BCUT2D eigenvalue weighted by atomic mass is 35.5. The molecule has 2 rings (SSSR count). The van der Waals surface area contributed by atoms with Crippen LogP contribution in [-0.4, -0.2) is 32.6 Å². The van der Waals surface area contributed by atoms with E-state index in [9.17, 15) is 9.59 Å². The third kappa shape index (κ3) is 7.50. The molecule has 2 N–H and O–H groups in total. The lowest BCUT2D eigenvalue weighted by atomic mass is 10.1. The number of methoxy groups -OCH3 is 2. The zero-order valence-corrected chi connectivity index (χ0v) is 18.0. The summed E-state index contributed by atoms with van der Waals surface area (Å²) < 4.78 is 15.9. The molecule has 0 radical (unpaired) electrons. The van der Waals surface area contributed by atoms with Gasteiger partial charge >= 0.3 is 0 Å². The summed E-state index contributed by atoms with van der Waals surface area (Å²) in [5, 5.41) is 0.918. The van der Waals surface area contributed by atoms with E-state index in [-0.39, 0.29) is 12.3 Å². The topological polar surface area (TPSA) is 85.9 Å². The number of hydrazine groups is 1. The fourth-order valence-electron chi connectivity index (χ4n) is 2.36. The number of carbonyl (C=O) groups is 2. The van der Waals surface area contributed by atoms with Gasteiger partial charge in [0.25, 0.3) is 5.91 Å². The highest BCUT2D eigenvalue weighted by molar-refractivity contribution is 6.35. The predicted molar refractivity (Wildman–Crippen MR) is 116 cm³/mol. The zero-order chi connectivity index (χ0) is 21.9. The number of halogens is 2. The summed E-state index contributed by atoms with van der Waals surface area (Å²) in [6.45, 7) is 0.292. The molecule has 2 amide bonds. The minimum atomic E-state index is -0.481. The number of ether oxygens (including phenoxy) is 3. The summed E-state index contributed by atoms with van der Waals surface area (Å²) in [7, 11) is 3.08. The molecule has 0 spiro atoms. The van der Waals surface area contributed by atoms with Crippen LogP contribution in [0.25, 0.3) is 6.08 Å². The molecule has 0 atom stereocenters. The van der Waals surface area contributed by atoms with E-state index in [4.69, 9.17) is 37.4 Å². The van der Waals surface area contributed by atoms with Gasteiger partial charge in [-0.3, -0.25) is 20.4 Å². The van der Waals surface area contributed by atoms with Crippen LogP contribution in [0.3, 0.4) is 0 Å². The van der Waals surface area contributed by atoms with Crippen molar-refractivity contribution in [1.29, 1.82) is 0 Å². The molecular formula is C21H22Cl2N2O5. The number of amides is 2. The lowest BCUT2D eigenvalue weighted by Crippen LogP contribution is -2.40. The molecule has 0 heterocycles. The van der Waals surface area contributed by atoms with Crippen molar-refractivity contribution in [1.82, 2.24) is 10.9 Å². The predicted octanol–water partition coefficient (Wildman–Crippen LogP) is 4.03. The fraction of sp³-hybridized carbons (Fsp3) is 0.238. The first-order valence-electron chi connectivity index (χ1n) is 8.99. The molecule has 2 aromatic carbocycles. The van der Waals surface area contributed by atoms with Gasteiger partial charge in [0.15, 0.2) is 0 Å². The molecular weight excluding hydrogens is 431 g/mol. The maximum atomic E-state index is 11.9. The van der Waals surface area contributed by atoms with E-state index in [2.05, 4.69) is 10.9 Å². The van der Waals surface area contributed by atoms with E-state index in [0.717, 1.165) is 0 Å². The standard InChI is InChI=1S/C21H22Cl2N2O5/c1-28-16-8-5-14(19(13-16)29-2)6-10-21(27)25-24-20(26)4-3-11-30-18-9-7-15(22)12-17(18)23/h5-10,12-13H,3-4,11H2,1-2H3,(H,24,26)(H,25,27)/b10-6+. The number of hydrogen-bond acceptors (Lipinski definition) is 5. The molecule has 0 unspecified atom stereocenters. The number of hydrogen-bond donors (Lipinski definition) is 2. The van der Waals surface area contributed by atoms with Crippen molar-refractivity contribution in [3.05, 3.63) is 58.1 Å². The van der Waals surface area contributed by atoms with Gasteiger partial charge in [-0.2, -0.15) is 0 Å². The summed E-state index contributed by atoms with van der Waals surface area (Å²) in [5.41, 5.74) is 5.35. The van der Waals surface area contributed by atoms with E-state index >= 15 is 0 Å². The lowest BCUT2D eigenvalue weighted by Gasteiger charge is -2.09. The molecule has 7 nitrogen and oxygen atoms in total. The van der Waals surface area contributed by atoms with Crippen LogP contribution in [-0.2, 0) is 9.59 Å². The molecule has 0 fully saturated rings. The van der Waals surface area contributed by atoms with Crippen molar-refractivity contribution in [2.45, 2.75) is 12.8 Å². The van der Waals surface area contributed by atoms with Crippen molar-refractivity contribution < 1.29 is 23.8 Å². The number of nitrogens with one attached hydrogen (secondary N) is 2. The highest BCUT2D eigenvalue weighted by Gasteiger charge is 2.06. The molecule has 0 aliphatic carbocycles. The average Bonchev–Trinajstić information content (AvgIpc) is 2.74. The second kappa shape index (κ2) is 11.9. The van der Waals surface area contributed by atoms with Crippen molar-refractivity contribution >= 4 is 41.1 Å². The van der Waals surface area contributed by atoms with E-state index < -0.39 is 5.91 Å². The van der Waals surface area contributed by atoms with Crippen LogP contribution in [0.4, 0.5) is 0 Å². The van der Waals surface area contributed by atoms with E-state index in [0.29, 0.717) is 45.9 Å². The SMILES string of the molecule is COc1ccc(/C=C/C(=O)NNC(=O)CCCOc2ccc(Cl)cc2Cl)c(OC)c1. The number of carbonyl (C=O) groups excluding carboxylic acids is 2. The smallest absolute Gasteiger partial charge is 0.262 e. The normalized spacial score (nSPS) is 10.5. The highest BCUT2D eigenvalue weighted by Crippen LogP contribution is 2.27. The van der Waals surface area contributed by atoms with Crippen molar-refractivity contribution in [3.8, 4) is 17.2 Å². The number of rotatable bonds is 9. The Morgan fingerprint density at radius 3 is 2.50 bits per heavy atom. The molecule has 0 saturated heterocycles. The molecule has 30 heavy (non-hydrogen) atoms. The van der Waals surface area contributed by atoms with Gasteiger partial charge in [-0.05, 0) is 42.8 Å². The molecule has 2 aromatic rings. The second-order valence-electron chi connectivity index (χ2n) is 6.01. The quantitative estimate of drug-likeness (QED) is 0.340. The number of benzene rings is 2. The van der Waals surface area contributed by atoms with Crippen LogP contribution in [0.15, 0.2) is 42.5 Å². The van der Waals surface area contributed by atoms with Crippen LogP contribution in [0.5, 0.6) is 17.2 Å². The monoisotopic (exact) mass is 452 g/mol. The van der Waals surface area contributed by atoms with Gasteiger partial charge in [0.2, 0.25) is 5.91 Å². The van der Waals surface area contributed by atoms with Gasteiger partial charge in [0.05, 0.1) is 25.8 Å². The molecule has 0 aromatic heterocycles. The van der Waals surface area contributed by atoms with Crippen LogP contribution < -0.4 is 25.1 Å². The van der Waals surface area contributed by atoms with Crippen LogP contribution in [0, 0.1) is 0 Å². The van der Waals surface area contributed by atoms with E-state index in [1.807, 2.05) is 0 Å². The van der Waals surface area contributed by atoms with Crippen molar-refractivity contribution in [2.24, 2.45) is 0 Å². The van der Waals surface area contributed by atoms with Gasteiger partial charge in [-0.25, -0.2) is 0 Å². The summed E-state index contributed by atoms with van der Waals surface area (Å²) >= 11 is 11.8. The van der Waals surface area contributed by atoms with Gasteiger partial charge in [0, 0.05) is 29.1 Å². The maximum Gasteiger partial charge on any atom is 0.262 e. The van der Waals surface area contributed by atoms with Crippen LogP contribution in [0.2, 0.25) is 10.0 Å². The maximum absolute atomic E-state index is 11.9. The Bertz CT molecular complexity index is 918. The molecule has 9 heteroatoms. The van der Waals surface area contributed by atoms with Gasteiger partial charge in [-0.15, -0.1) is 0 Å². The van der Waals surface area contributed by atoms with Crippen LogP contribution >= 0.6 is 23.2 Å². The van der Waals surface area contributed by atoms with E-state index in [1.165, 1.54) is 13.2 Å². The Balaban J connectivity index is 1.71. The third-order valence-corrected chi connectivity index (χ3v) is 4.41. The molecule has 160 valence electrons. The molecule has 0 aliphatic heterocycles. The minimum Gasteiger partial charge on any atom is -0.497 e. The van der Waals surface area contributed by atoms with Crippen molar-refractivity contribution in [3.63, 3.8) is 0 Å². The fourth-order valence-corrected chi connectivity index (χ4v) is 2.83. The molecule has 0 bridgehead atoms.